The van der Waals surface area contributed by atoms with E-state index in [2.05, 4.69) is 26.3 Å². The van der Waals surface area contributed by atoms with Crippen molar-refractivity contribution in [3.8, 4) is 0 Å². The van der Waals surface area contributed by atoms with E-state index in [9.17, 15) is 9.90 Å². The summed E-state index contributed by atoms with van der Waals surface area (Å²) in [7, 11) is 0. The Kier molecular flexibility index (Phi) is 6.90. The highest BCUT2D eigenvalue weighted by molar-refractivity contribution is 9.10. The molecule has 0 fully saturated rings. The number of rotatable bonds is 7. The molecule has 20 heavy (non-hydrogen) atoms. The Labute approximate surface area is 127 Å². The van der Waals surface area contributed by atoms with Crippen molar-refractivity contribution in [2.45, 2.75) is 32.7 Å². The van der Waals surface area contributed by atoms with Crippen molar-refractivity contribution in [1.29, 1.82) is 0 Å². The number of nitrogens with two attached hydrogens (primary N) is 1. The monoisotopic (exact) mass is 344 g/mol. The molecule has 1 aromatic heterocycles. The Bertz CT molecular complexity index is 452. The summed E-state index contributed by atoms with van der Waals surface area (Å²) in [5, 5.41) is 9.19. The van der Waals surface area contributed by atoms with Gasteiger partial charge in [0.25, 0.3) is 5.91 Å². The summed E-state index contributed by atoms with van der Waals surface area (Å²) in [6.07, 6.45) is 3.23. The standard InChI is InChI=1S/C13H21BrN4O2/c1-3-10(4-2)18(5-6-19)13(20)11-7-9(14)8-16-12(11)17-15/h7-8,10,19H,3-6,15H2,1-2H3,(H,16,17). The molecule has 0 bridgehead atoms. The number of nitrogens with zero attached hydrogens (tertiary/aromatic N) is 2. The number of aliphatic hydroxyl groups excluding tert-OH is 1. The van der Waals surface area contributed by atoms with Crippen molar-refractivity contribution < 1.29 is 9.90 Å². The highest BCUT2D eigenvalue weighted by Gasteiger charge is 2.24. The van der Waals surface area contributed by atoms with Crippen LogP contribution in [0, 0.1) is 0 Å². The van der Waals surface area contributed by atoms with Gasteiger partial charge in [-0.15, -0.1) is 0 Å². The van der Waals surface area contributed by atoms with E-state index in [1.165, 1.54) is 0 Å². The van der Waals surface area contributed by atoms with Gasteiger partial charge in [-0.05, 0) is 34.8 Å². The Morgan fingerprint density at radius 3 is 2.70 bits per heavy atom. The van der Waals surface area contributed by atoms with Gasteiger partial charge < -0.3 is 15.4 Å². The van der Waals surface area contributed by atoms with Crippen LogP contribution in [-0.4, -0.2) is 40.1 Å². The maximum atomic E-state index is 12.7. The third-order valence-electron chi connectivity index (χ3n) is 3.21. The Morgan fingerprint density at radius 1 is 1.55 bits per heavy atom. The first-order valence-corrected chi connectivity index (χ1v) is 7.42. The molecule has 1 aromatic rings. The lowest BCUT2D eigenvalue weighted by Gasteiger charge is -2.30. The van der Waals surface area contributed by atoms with Gasteiger partial charge in [0.1, 0.15) is 0 Å². The van der Waals surface area contributed by atoms with Crippen molar-refractivity contribution in [2.24, 2.45) is 5.84 Å². The lowest BCUT2D eigenvalue weighted by Crippen LogP contribution is -2.42. The van der Waals surface area contributed by atoms with Gasteiger partial charge in [-0.25, -0.2) is 10.8 Å². The molecule has 1 heterocycles. The molecular formula is C13H21BrN4O2. The average Bonchev–Trinajstić information content (AvgIpc) is 2.46. The smallest absolute Gasteiger partial charge is 0.258 e. The molecule has 0 saturated carbocycles. The van der Waals surface area contributed by atoms with Crippen LogP contribution >= 0.6 is 15.9 Å². The molecule has 0 aliphatic heterocycles. The summed E-state index contributed by atoms with van der Waals surface area (Å²) in [6, 6.07) is 1.76. The molecule has 0 radical (unpaired) electrons. The Hall–Kier alpha value is -1.18. The maximum absolute atomic E-state index is 12.7. The van der Waals surface area contributed by atoms with E-state index in [4.69, 9.17) is 5.84 Å². The van der Waals surface area contributed by atoms with Crippen LogP contribution in [0.15, 0.2) is 16.7 Å². The predicted octanol–water partition coefficient (Wildman–Crippen LogP) is 1.75. The third kappa shape index (κ3) is 3.91. The molecular weight excluding hydrogens is 324 g/mol. The number of aliphatic hydroxyl groups is 1. The van der Waals surface area contributed by atoms with E-state index in [1.54, 1.807) is 17.2 Å². The Morgan fingerprint density at radius 2 is 2.20 bits per heavy atom. The number of aromatic nitrogens is 1. The topological polar surface area (TPSA) is 91.5 Å². The fourth-order valence-corrected chi connectivity index (χ4v) is 2.49. The molecule has 6 nitrogen and oxygen atoms in total. The zero-order valence-corrected chi connectivity index (χ0v) is 13.4. The number of hydrogen-bond acceptors (Lipinski definition) is 5. The largest absolute Gasteiger partial charge is 0.395 e. The molecule has 7 heteroatoms. The normalized spacial score (nSPS) is 10.7. The minimum absolute atomic E-state index is 0.0743. The number of nitrogens with one attached hydrogen (secondary N) is 1. The summed E-state index contributed by atoms with van der Waals surface area (Å²) in [6.45, 7) is 4.26. The predicted molar refractivity (Wildman–Crippen MR) is 82.2 cm³/mol. The molecule has 0 atom stereocenters. The fourth-order valence-electron chi connectivity index (χ4n) is 2.16. The second-order valence-corrected chi connectivity index (χ2v) is 5.30. The molecule has 4 N–H and O–H groups in total. The van der Waals surface area contributed by atoms with Gasteiger partial charge in [-0.3, -0.25) is 4.79 Å². The molecule has 1 rings (SSSR count). The molecule has 0 saturated heterocycles. The zero-order chi connectivity index (χ0) is 15.1. The van der Waals surface area contributed by atoms with Crippen LogP contribution in [0.4, 0.5) is 5.82 Å². The second kappa shape index (κ2) is 8.18. The van der Waals surface area contributed by atoms with E-state index in [0.29, 0.717) is 22.4 Å². The average molecular weight is 345 g/mol. The number of carbonyl (C=O) groups excluding carboxylic acids is 1. The van der Waals surface area contributed by atoms with E-state index in [1.807, 2.05) is 13.8 Å². The van der Waals surface area contributed by atoms with Crippen LogP contribution in [0.3, 0.4) is 0 Å². The molecule has 0 unspecified atom stereocenters. The van der Waals surface area contributed by atoms with E-state index in [-0.39, 0.29) is 18.6 Å². The van der Waals surface area contributed by atoms with Crippen LogP contribution in [0.1, 0.15) is 37.0 Å². The first kappa shape index (κ1) is 16.9. The lowest BCUT2D eigenvalue weighted by atomic mass is 10.1. The van der Waals surface area contributed by atoms with Crippen molar-refractivity contribution in [1.82, 2.24) is 9.88 Å². The quantitative estimate of drug-likeness (QED) is 0.517. The number of pyridine rings is 1. The van der Waals surface area contributed by atoms with Gasteiger partial charge in [-0.1, -0.05) is 13.8 Å². The van der Waals surface area contributed by atoms with Crippen LogP contribution in [0.5, 0.6) is 0 Å². The number of halogens is 1. The SMILES string of the molecule is CCC(CC)N(CCO)C(=O)c1cc(Br)cnc1NN. The fraction of sp³-hybridized carbons (Fsp3) is 0.538. The molecule has 0 spiro atoms. The minimum atomic E-state index is -0.186. The highest BCUT2D eigenvalue weighted by atomic mass is 79.9. The summed E-state index contributed by atoms with van der Waals surface area (Å²) >= 11 is 3.30. The molecule has 112 valence electrons. The Balaban J connectivity index is 3.14. The van der Waals surface area contributed by atoms with E-state index < -0.39 is 0 Å². The third-order valence-corrected chi connectivity index (χ3v) is 3.64. The minimum Gasteiger partial charge on any atom is -0.395 e. The number of amides is 1. The first-order valence-electron chi connectivity index (χ1n) is 6.62. The molecule has 0 aliphatic carbocycles. The number of anilines is 1. The zero-order valence-electron chi connectivity index (χ0n) is 11.8. The summed E-state index contributed by atoms with van der Waals surface area (Å²) in [4.78, 5) is 18.4. The first-order chi connectivity index (χ1) is 9.58. The van der Waals surface area contributed by atoms with Gasteiger partial charge in [0.15, 0.2) is 5.82 Å². The van der Waals surface area contributed by atoms with Gasteiger partial charge in [0, 0.05) is 23.3 Å². The number of carbonyl (C=O) groups is 1. The molecule has 0 aliphatic rings. The van der Waals surface area contributed by atoms with E-state index in [0.717, 1.165) is 12.8 Å². The number of nitrogen functional groups attached to an aromatic ring is 1. The van der Waals surface area contributed by atoms with Crippen LogP contribution in [-0.2, 0) is 0 Å². The summed E-state index contributed by atoms with van der Waals surface area (Å²) < 4.78 is 0.702. The van der Waals surface area contributed by atoms with Crippen molar-refractivity contribution in [3.05, 3.63) is 22.3 Å². The van der Waals surface area contributed by atoms with Crippen molar-refractivity contribution in [3.63, 3.8) is 0 Å². The number of hydrazine groups is 1. The molecule has 0 aromatic carbocycles. The van der Waals surface area contributed by atoms with Gasteiger partial charge in [0.2, 0.25) is 0 Å². The van der Waals surface area contributed by atoms with Gasteiger partial charge in [-0.2, -0.15) is 0 Å². The lowest BCUT2D eigenvalue weighted by molar-refractivity contribution is 0.0623. The summed E-state index contributed by atoms with van der Waals surface area (Å²) in [5.41, 5.74) is 2.82. The van der Waals surface area contributed by atoms with Crippen LogP contribution in [0.25, 0.3) is 0 Å². The van der Waals surface area contributed by atoms with Crippen molar-refractivity contribution in [2.75, 3.05) is 18.6 Å². The highest BCUT2D eigenvalue weighted by Crippen LogP contribution is 2.21. The van der Waals surface area contributed by atoms with Crippen molar-refractivity contribution >= 4 is 27.7 Å². The van der Waals surface area contributed by atoms with Gasteiger partial charge in [0.05, 0.1) is 12.2 Å². The number of hydrogen-bond donors (Lipinski definition) is 3. The molecule has 1 amide bonds. The van der Waals surface area contributed by atoms with Crippen LogP contribution in [0.2, 0.25) is 0 Å². The maximum Gasteiger partial charge on any atom is 0.258 e. The van der Waals surface area contributed by atoms with Gasteiger partial charge >= 0.3 is 0 Å². The van der Waals surface area contributed by atoms with E-state index >= 15 is 0 Å². The second-order valence-electron chi connectivity index (χ2n) is 4.39. The van der Waals surface area contributed by atoms with Crippen LogP contribution < -0.4 is 11.3 Å². The summed E-state index contributed by atoms with van der Waals surface area (Å²) in [5.74, 6) is 5.55.